The van der Waals surface area contributed by atoms with Gasteiger partial charge in [-0.2, -0.15) is 0 Å². The van der Waals surface area contributed by atoms with Crippen LogP contribution in [0.4, 0.5) is 0 Å². The Balaban J connectivity index is 1.54. The largest absolute Gasteiger partial charge is 0.376 e. The Labute approximate surface area is 162 Å². The van der Waals surface area contributed by atoms with Crippen molar-refractivity contribution in [2.45, 2.75) is 18.9 Å². The molecule has 27 heavy (non-hydrogen) atoms. The Kier molecular flexibility index (Phi) is 5.47. The summed E-state index contributed by atoms with van der Waals surface area (Å²) in [6.07, 6.45) is 2.46. The van der Waals surface area contributed by atoms with Crippen molar-refractivity contribution in [3.63, 3.8) is 0 Å². The lowest BCUT2D eigenvalue weighted by atomic mass is 9.93. The van der Waals surface area contributed by atoms with Gasteiger partial charge in [-0.3, -0.25) is 4.79 Å². The van der Waals surface area contributed by atoms with Crippen LogP contribution < -0.4 is 0 Å². The normalized spacial score (nSPS) is 12.3. The molecular weight excluding hydrogens is 354 g/mol. The van der Waals surface area contributed by atoms with Crippen molar-refractivity contribution in [3.05, 3.63) is 94.3 Å². The molecule has 2 heterocycles. The Morgan fingerprint density at radius 2 is 1.81 bits per heavy atom. The second kappa shape index (κ2) is 8.33. The number of carbonyl (C=O) groups excluding carboxylic acids is 1. The molecule has 0 amide bonds. The van der Waals surface area contributed by atoms with E-state index in [2.05, 4.69) is 29.2 Å². The van der Waals surface area contributed by atoms with E-state index in [4.69, 9.17) is 4.74 Å². The number of carbonyl (C=O) groups is 1. The number of hydrogen-bond donors (Lipinski definition) is 1. The molecule has 0 bridgehead atoms. The van der Waals surface area contributed by atoms with E-state index < -0.39 is 0 Å². The maximum Gasteiger partial charge on any atom is 0.173 e. The molecule has 0 spiro atoms. The highest BCUT2D eigenvalue weighted by Gasteiger charge is 2.21. The summed E-state index contributed by atoms with van der Waals surface area (Å²) in [5.41, 5.74) is 3.37. The molecule has 4 heteroatoms. The van der Waals surface area contributed by atoms with Crippen LogP contribution in [0.25, 0.3) is 10.9 Å². The first-order valence-corrected chi connectivity index (χ1v) is 9.93. The van der Waals surface area contributed by atoms with Crippen molar-refractivity contribution in [1.82, 2.24) is 4.98 Å². The van der Waals surface area contributed by atoms with E-state index >= 15 is 0 Å². The van der Waals surface area contributed by atoms with Gasteiger partial charge < -0.3 is 9.72 Å². The maximum absolute atomic E-state index is 12.7. The molecular formula is C23H21NO2S. The van der Waals surface area contributed by atoms with Gasteiger partial charge in [0.1, 0.15) is 0 Å². The molecule has 0 saturated heterocycles. The zero-order valence-electron chi connectivity index (χ0n) is 14.9. The highest BCUT2D eigenvalue weighted by Crippen LogP contribution is 2.30. The molecule has 0 radical (unpaired) electrons. The van der Waals surface area contributed by atoms with Crippen LogP contribution in [0.1, 0.15) is 33.1 Å². The molecule has 0 saturated carbocycles. The molecule has 1 N–H and O–H groups in total. The highest BCUT2D eigenvalue weighted by atomic mass is 32.1. The molecule has 2 aromatic carbocycles. The molecule has 0 aliphatic heterocycles. The number of benzene rings is 2. The summed E-state index contributed by atoms with van der Waals surface area (Å²) in [4.78, 5) is 16.9. The van der Waals surface area contributed by atoms with E-state index in [0.717, 1.165) is 26.9 Å². The van der Waals surface area contributed by atoms with Gasteiger partial charge in [-0.1, -0.05) is 54.6 Å². The number of H-pyrrole nitrogens is 1. The molecule has 4 rings (SSSR count). The van der Waals surface area contributed by atoms with Gasteiger partial charge in [0.05, 0.1) is 18.1 Å². The number of rotatable bonds is 8. The predicted molar refractivity (Wildman–Crippen MR) is 110 cm³/mol. The van der Waals surface area contributed by atoms with Crippen molar-refractivity contribution in [2.75, 3.05) is 6.61 Å². The fourth-order valence-corrected chi connectivity index (χ4v) is 4.02. The third-order valence-electron chi connectivity index (χ3n) is 4.72. The highest BCUT2D eigenvalue weighted by molar-refractivity contribution is 7.12. The molecule has 0 fully saturated rings. The monoisotopic (exact) mass is 375 g/mol. The summed E-state index contributed by atoms with van der Waals surface area (Å²) in [6, 6.07) is 22.1. The number of para-hydroxylation sites is 1. The Morgan fingerprint density at radius 3 is 2.63 bits per heavy atom. The van der Waals surface area contributed by atoms with E-state index in [-0.39, 0.29) is 11.7 Å². The Bertz CT molecular complexity index is 1010. The lowest BCUT2D eigenvalue weighted by Gasteiger charge is -2.16. The lowest BCUT2D eigenvalue weighted by Crippen LogP contribution is -2.13. The quantitative estimate of drug-likeness (QED) is 0.395. The fourth-order valence-electron chi connectivity index (χ4n) is 3.35. The van der Waals surface area contributed by atoms with Gasteiger partial charge in [-0.25, -0.2) is 0 Å². The van der Waals surface area contributed by atoms with Gasteiger partial charge >= 0.3 is 0 Å². The lowest BCUT2D eigenvalue weighted by molar-refractivity contribution is 0.0871. The van der Waals surface area contributed by atoms with Crippen molar-refractivity contribution in [3.8, 4) is 0 Å². The van der Waals surface area contributed by atoms with E-state index in [1.807, 2.05) is 54.0 Å². The van der Waals surface area contributed by atoms with Gasteiger partial charge in [0.2, 0.25) is 0 Å². The zero-order valence-corrected chi connectivity index (χ0v) is 15.7. The van der Waals surface area contributed by atoms with Crippen molar-refractivity contribution in [1.29, 1.82) is 0 Å². The number of Topliss-reactive ketones (excluding diaryl/α,β-unsaturated/α-hetero) is 1. The number of fused-ring (bicyclic) bond motifs is 1. The number of ketones is 1. The third kappa shape index (κ3) is 4.18. The summed E-state index contributed by atoms with van der Waals surface area (Å²) in [5, 5.41) is 3.10. The third-order valence-corrected chi connectivity index (χ3v) is 5.63. The van der Waals surface area contributed by atoms with Crippen LogP contribution in [0.5, 0.6) is 0 Å². The summed E-state index contributed by atoms with van der Waals surface area (Å²) < 4.78 is 6.01. The minimum atomic E-state index is 0.0134. The molecule has 0 aliphatic carbocycles. The van der Waals surface area contributed by atoms with Crippen LogP contribution in [-0.2, 0) is 11.3 Å². The molecule has 136 valence electrons. The average Bonchev–Trinajstić information content (AvgIpc) is 3.38. The first-order chi connectivity index (χ1) is 13.3. The van der Waals surface area contributed by atoms with Crippen molar-refractivity contribution >= 4 is 28.0 Å². The molecule has 3 nitrogen and oxygen atoms in total. The van der Waals surface area contributed by atoms with Crippen molar-refractivity contribution < 1.29 is 9.53 Å². The number of aromatic amines is 1. The SMILES string of the molecule is O=C(C[C@@H](COCc1ccccc1)c1c[nH]c2ccccc12)c1cccs1. The number of ether oxygens (including phenoxy) is 1. The minimum absolute atomic E-state index is 0.0134. The Hall–Kier alpha value is -2.69. The van der Waals surface area contributed by atoms with Crippen LogP contribution >= 0.6 is 11.3 Å². The van der Waals surface area contributed by atoms with Crippen LogP contribution in [0.2, 0.25) is 0 Å². The minimum Gasteiger partial charge on any atom is -0.376 e. The summed E-state index contributed by atoms with van der Waals surface area (Å²) in [6.45, 7) is 1.06. The van der Waals surface area contributed by atoms with E-state index in [0.29, 0.717) is 19.6 Å². The van der Waals surface area contributed by atoms with Gasteiger partial charge in [-0.05, 0) is 28.6 Å². The van der Waals surface area contributed by atoms with Crippen LogP contribution in [0.3, 0.4) is 0 Å². The molecule has 0 unspecified atom stereocenters. The molecule has 0 aliphatic rings. The molecule has 2 aromatic heterocycles. The maximum atomic E-state index is 12.7. The van der Waals surface area contributed by atoms with Crippen LogP contribution in [0, 0.1) is 0 Å². The number of hydrogen-bond acceptors (Lipinski definition) is 3. The molecule has 4 aromatic rings. The van der Waals surface area contributed by atoms with E-state index in [9.17, 15) is 4.79 Å². The first kappa shape index (κ1) is 17.7. The van der Waals surface area contributed by atoms with Gasteiger partial charge in [0, 0.05) is 29.4 Å². The second-order valence-electron chi connectivity index (χ2n) is 6.59. The number of thiophene rings is 1. The predicted octanol–water partition coefficient (Wildman–Crippen LogP) is 5.80. The average molecular weight is 375 g/mol. The number of aromatic nitrogens is 1. The summed E-state index contributed by atoms with van der Waals surface area (Å²) >= 11 is 1.50. The van der Waals surface area contributed by atoms with Gasteiger partial charge in [-0.15, -0.1) is 11.3 Å². The van der Waals surface area contributed by atoms with Crippen LogP contribution in [0.15, 0.2) is 78.3 Å². The molecule has 1 atom stereocenters. The summed E-state index contributed by atoms with van der Waals surface area (Å²) in [5.74, 6) is 0.183. The summed E-state index contributed by atoms with van der Waals surface area (Å²) in [7, 11) is 0. The van der Waals surface area contributed by atoms with Gasteiger partial charge in [0.15, 0.2) is 5.78 Å². The smallest absolute Gasteiger partial charge is 0.173 e. The first-order valence-electron chi connectivity index (χ1n) is 9.05. The zero-order chi connectivity index (χ0) is 18.5. The Morgan fingerprint density at radius 1 is 1.00 bits per heavy atom. The fraction of sp³-hybridized carbons (Fsp3) is 0.174. The van der Waals surface area contributed by atoms with Crippen LogP contribution in [-0.4, -0.2) is 17.4 Å². The standard InChI is InChI=1S/C23H21NO2S/c25-22(23-11-6-12-27-23)13-18(16-26-15-17-7-2-1-3-8-17)20-14-24-21-10-5-4-9-19(20)21/h1-12,14,18,24H,13,15-16H2/t18-/m0/s1. The van der Waals surface area contributed by atoms with E-state index in [1.165, 1.54) is 11.3 Å². The van der Waals surface area contributed by atoms with Gasteiger partial charge in [0.25, 0.3) is 0 Å². The second-order valence-corrected chi connectivity index (χ2v) is 7.54. The van der Waals surface area contributed by atoms with E-state index in [1.54, 1.807) is 0 Å². The van der Waals surface area contributed by atoms with Crippen molar-refractivity contribution in [2.24, 2.45) is 0 Å². The number of nitrogens with one attached hydrogen (secondary N) is 1. The topological polar surface area (TPSA) is 42.1 Å².